The zero-order chi connectivity index (χ0) is 12.6. The van der Waals surface area contributed by atoms with Crippen molar-refractivity contribution >= 4 is 17.5 Å². The van der Waals surface area contributed by atoms with Crippen LogP contribution in [-0.2, 0) is 11.2 Å². The fourth-order valence-electron chi connectivity index (χ4n) is 2.00. The predicted octanol–water partition coefficient (Wildman–Crippen LogP) is 2.85. The van der Waals surface area contributed by atoms with Gasteiger partial charge in [-0.25, -0.2) is 0 Å². The van der Waals surface area contributed by atoms with Crippen LogP contribution >= 0.6 is 11.6 Å². The number of hydrogen-bond acceptors (Lipinski definition) is 1. The molecule has 1 aromatic rings. The molecule has 1 aliphatic rings. The van der Waals surface area contributed by atoms with Crippen LogP contribution in [0.5, 0.6) is 0 Å². The van der Waals surface area contributed by atoms with Crippen LogP contribution in [0.15, 0.2) is 24.3 Å². The second-order valence-electron chi connectivity index (χ2n) is 5.28. The quantitative estimate of drug-likeness (QED) is 0.823. The van der Waals surface area contributed by atoms with Crippen LogP contribution in [0, 0.1) is 0 Å². The highest BCUT2D eigenvalue weighted by Gasteiger charge is 2.35. The number of rotatable bonds is 3. The Hall–Kier alpha value is -1.02. The largest absolute Gasteiger partial charge is 0.349 e. The molecule has 0 saturated heterocycles. The summed E-state index contributed by atoms with van der Waals surface area (Å²) in [5.41, 5.74) is 2.07. The molecule has 0 aromatic heterocycles. The Bertz CT molecular complexity index is 440. The van der Waals surface area contributed by atoms with Crippen molar-refractivity contribution in [3.63, 3.8) is 0 Å². The Morgan fingerprint density at radius 1 is 1.47 bits per heavy atom. The van der Waals surface area contributed by atoms with Crippen LogP contribution < -0.4 is 5.32 Å². The maximum absolute atomic E-state index is 12.1. The van der Waals surface area contributed by atoms with Gasteiger partial charge in [-0.15, -0.1) is 11.6 Å². The first-order valence-electron chi connectivity index (χ1n) is 5.95. The number of hydrogen-bond donors (Lipinski definition) is 1. The molecular formula is C14H18ClNO. The summed E-state index contributed by atoms with van der Waals surface area (Å²) < 4.78 is 0. The molecule has 0 radical (unpaired) electrons. The summed E-state index contributed by atoms with van der Waals surface area (Å²) in [5.74, 6) is 0.0853. The van der Waals surface area contributed by atoms with Gasteiger partial charge in [-0.05, 0) is 38.3 Å². The number of nitrogens with one attached hydrogen (secondary N) is 1. The van der Waals surface area contributed by atoms with E-state index in [1.54, 1.807) is 0 Å². The summed E-state index contributed by atoms with van der Waals surface area (Å²) in [4.78, 5) is 12.1. The van der Waals surface area contributed by atoms with E-state index in [-0.39, 0.29) is 22.7 Å². The topological polar surface area (TPSA) is 29.1 Å². The van der Waals surface area contributed by atoms with Crippen molar-refractivity contribution in [3.8, 4) is 0 Å². The first-order chi connectivity index (χ1) is 7.92. The fourth-order valence-corrected chi connectivity index (χ4v) is 2.05. The van der Waals surface area contributed by atoms with Gasteiger partial charge in [-0.1, -0.05) is 24.3 Å². The van der Waals surface area contributed by atoms with Crippen molar-refractivity contribution in [1.82, 2.24) is 5.32 Å². The lowest BCUT2D eigenvalue weighted by atomic mass is 9.76. The molecule has 2 unspecified atom stereocenters. The molecule has 17 heavy (non-hydrogen) atoms. The third kappa shape index (κ3) is 2.32. The zero-order valence-corrected chi connectivity index (χ0v) is 11.2. The molecule has 0 saturated carbocycles. The molecule has 3 heteroatoms. The van der Waals surface area contributed by atoms with Gasteiger partial charge in [0.2, 0.25) is 5.91 Å². The van der Waals surface area contributed by atoms with Crippen LogP contribution in [0.1, 0.15) is 37.8 Å². The van der Waals surface area contributed by atoms with Gasteiger partial charge in [-0.2, -0.15) is 0 Å². The van der Waals surface area contributed by atoms with E-state index in [4.69, 9.17) is 11.6 Å². The van der Waals surface area contributed by atoms with E-state index < -0.39 is 0 Å². The molecule has 92 valence electrons. The zero-order valence-electron chi connectivity index (χ0n) is 10.5. The molecule has 0 spiro atoms. The molecule has 2 atom stereocenters. The van der Waals surface area contributed by atoms with Crippen LogP contribution in [-0.4, -0.2) is 16.8 Å². The molecule has 2 rings (SSSR count). The Morgan fingerprint density at radius 2 is 2.12 bits per heavy atom. The molecule has 1 amide bonds. The number of halogens is 1. The van der Waals surface area contributed by atoms with Gasteiger partial charge in [0.1, 0.15) is 0 Å². The maximum Gasteiger partial charge on any atom is 0.228 e. The minimum Gasteiger partial charge on any atom is -0.349 e. The van der Waals surface area contributed by atoms with E-state index in [9.17, 15) is 4.79 Å². The first kappa shape index (κ1) is 12.4. The number of alkyl halides is 1. The number of amides is 1. The molecule has 2 nitrogen and oxygen atoms in total. The van der Waals surface area contributed by atoms with Gasteiger partial charge in [0.25, 0.3) is 0 Å². The molecule has 0 fully saturated rings. The fraction of sp³-hybridized carbons (Fsp3) is 0.500. The molecule has 0 heterocycles. The van der Waals surface area contributed by atoms with Crippen LogP contribution in [0.25, 0.3) is 0 Å². The maximum atomic E-state index is 12.1. The van der Waals surface area contributed by atoms with Crippen molar-refractivity contribution in [3.05, 3.63) is 35.4 Å². The minimum absolute atomic E-state index is 0.000826. The summed E-state index contributed by atoms with van der Waals surface area (Å²) in [6.45, 7) is 5.80. The lowest BCUT2D eigenvalue weighted by molar-refractivity contribution is -0.124. The molecular weight excluding hydrogens is 234 g/mol. The van der Waals surface area contributed by atoms with E-state index in [2.05, 4.69) is 11.4 Å². The lowest BCUT2D eigenvalue weighted by Gasteiger charge is -2.35. The average molecular weight is 252 g/mol. The number of benzene rings is 1. The van der Waals surface area contributed by atoms with Crippen molar-refractivity contribution in [2.45, 2.75) is 44.0 Å². The van der Waals surface area contributed by atoms with Crippen molar-refractivity contribution in [1.29, 1.82) is 0 Å². The van der Waals surface area contributed by atoms with E-state index in [1.807, 2.05) is 39.0 Å². The first-order valence-corrected chi connectivity index (χ1v) is 6.39. The predicted molar refractivity (Wildman–Crippen MR) is 70.4 cm³/mol. The second kappa shape index (κ2) is 4.34. The number of fused-ring (bicyclic) bond motifs is 1. The normalized spacial score (nSPS) is 20.1. The average Bonchev–Trinajstić information content (AvgIpc) is 2.18. The van der Waals surface area contributed by atoms with Gasteiger partial charge in [0, 0.05) is 0 Å². The smallest absolute Gasteiger partial charge is 0.228 e. The molecule has 1 aromatic carbocycles. The van der Waals surface area contributed by atoms with Crippen molar-refractivity contribution in [2.24, 2.45) is 0 Å². The highest BCUT2D eigenvalue weighted by Crippen LogP contribution is 2.35. The number of carbonyl (C=O) groups excluding carboxylic acids is 1. The van der Waals surface area contributed by atoms with E-state index in [0.29, 0.717) is 0 Å². The van der Waals surface area contributed by atoms with Crippen LogP contribution in [0.4, 0.5) is 0 Å². The Labute approximate surface area is 107 Å². The van der Waals surface area contributed by atoms with Gasteiger partial charge < -0.3 is 5.32 Å². The SMILES string of the molecule is CC(Cl)C(C)(C)NC(=O)C1Cc2ccccc21. The summed E-state index contributed by atoms with van der Waals surface area (Å²) in [5, 5.41) is 2.93. The van der Waals surface area contributed by atoms with Gasteiger partial charge in [0.05, 0.1) is 16.8 Å². The molecule has 1 N–H and O–H groups in total. The van der Waals surface area contributed by atoms with Crippen LogP contribution in [0.2, 0.25) is 0 Å². The summed E-state index contributed by atoms with van der Waals surface area (Å²) in [7, 11) is 0. The van der Waals surface area contributed by atoms with Gasteiger partial charge in [-0.3, -0.25) is 4.79 Å². The Balaban J connectivity index is 2.05. The minimum atomic E-state index is -0.372. The van der Waals surface area contributed by atoms with Gasteiger partial charge in [0.15, 0.2) is 0 Å². The molecule has 0 bridgehead atoms. The molecule has 0 aliphatic heterocycles. The summed E-state index contributed by atoms with van der Waals surface area (Å²) in [6, 6.07) is 8.10. The summed E-state index contributed by atoms with van der Waals surface area (Å²) in [6.07, 6.45) is 0.842. The lowest BCUT2D eigenvalue weighted by Crippen LogP contribution is -2.51. The standard InChI is InChI=1S/C14H18ClNO/c1-9(15)14(2,3)16-13(17)12-8-10-6-4-5-7-11(10)12/h4-7,9,12H,8H2,1-3H3,(H,16,17). The monoisotopic (exact) mass is 251 g/mol. The van der Waals surface area contributed by atoms with E-state index in [0.717, 1.165) is 12.0 Å². The summed E-state index contributed by atoms with van der Waals surface area (Å²) >= 11 is 6.06. The highest BCUT2D eigenvalue weighted by atomic mass is 35.5. The second-order valence-corrected chi connectivity index (χ2v) is 5.94. The van der Waals surface area contributed by atoms with E-state index >= 15 is 0 Å². The Morgan fingerprint density at radius 3 is 2.71 bits per heavy atom. The third-order valence-electron chi connectivity index (χ3n) is 3.61. The number of carbonyl (C=O) groups is 1. The van der Waals surface area contributed by atoms with Gasteiger partial charge >= 0.3 is 0 Å². The Kier molecular flexibility index (Phi) is 3.17. The van der Waals surface area contributed by atoms with E-state index in [1.165, 1.54) is 5.56 Å². The van der Waals surface area contributed by atoms with Crippen molar-refractivity contribution < 1.29 is 4.79 Å². The molecule has 1 aliphatic carbocycles. The highest BCUT2D eigenvalue weighted by molar-refractivity contribution is 6.21. The third-order valence-corrected chi connectivity index (χ3v) is 4.16. The van der Waals surface area contributed by atoms with Crippen molar-refractivity contribution in [2.75, 3.05) is 0 Å². The van der Waals surface area contributed by atoms with Crippen LogP contribution in [0.3, 0.4) is 0 Å².